The number of hydrogen-bond acceptors (Lipinski definition) is 4. The van der Waals surface area contributed by atoms with Crippen LogP contribution in [-0.4, -0.2) is 24.6 Å². The molecular formula is C22H36O4. The lowest BCUT2D eigenvalue weighted by Gasteiger charge is -2.43. The number of carbonyl (C=O) groups is 2. The van der Waals surface area contributed by atoms with Crippen molar-refractivity contribution in [2.75, 3.05) is 6.79 Å². The van der Waals surface area contributed by atoms with Gasteiger partial charge in [-0.25, -0.2) is 0 Å². The summed E-state index contributed by atoms with van der Waals surface area (Å²) in [6.45, 7) is 14.7. The molecule has 4 saturated carbocycles. The molecule has 6 atom stereocenters. The lowest BCUT2D eigenvalue weighted by atomic mass is 9.61. The number of hydrogen-bond donors (Lipinski definition) is 0. The number of ether oxygens (including phenoxy) is 2. The lowest BCUT2D eigenvalue weighted by Crippen LogP contribution is -2.45. The van der Waals surface area contributed by atoms with Crippen LogP contribution in [0.3, 0.4) is 0 Å². The number of esters is 1. The third-order valence-corrected chi connectivity index (χ3v) is 7.29. The van der Waals surface area contributed by atoms with Crippen molar-refractivity contribution in [1.82, 2.24) is 0 Å². The molecule has 4 aliphatic rings. The fourth-order valence-corrected chi connectivity index (χ4v) is 5.68. The Labute approximate surface area is 158 Å². The van der Waals surface area contributed by atoms with Crippen LogP contribution in [0.15, 0.2) is 0 Å². The van der Waals surface area contributed by atoms with Crippen LogP contribution in [0.4, 0.5) is 0 Å². The van der Waals surface area contributed by atoms with E-state index in [0.717, 1.165) is 25.7 Å². The van der Waals surface area contributed by atoms with E-state index in [0.29, 0.717) is 17.6 Å². The van der Waals surface area contributed by atoms with Gasteiger partial charge in [0.25, 0.3) is 0 Å². The van der Waals surface area contributed by atoms with Gasteiger partial charge in [0.1, 0.15) is 5.78 Å². The van der Waals surface area contributed by atoms with Crippen molar-refractivity contribution in [2.24, 2.45) is 39.9 Å². The van der Waals surface area contributed by atoms with Crippen molar-refractivity contribution >= 4 is 11.8 Å². The summed E-state index contributed by atoms with van der Waals surface area (Å²) in [5, 5.41) is 0. The highest BCUT2D eigenvalue weighted by atomic mass is 16.7. The second kappa shape index (κ2) is 6.32. The summed E-state index contributed by atoms with van der Waals surface area (Å²) in [4.78, 5) is 25.4. The zero-order valence-electron chi connectivity index (χ0n) is 17.6. The Morgan fingerprint density at radius 1 is 1.00 bits per heavy atom. The van der Waals surface area contributed by atoms with E-state index in [1.54, 1.807) is 0 Å². The third kappa shape index (κ3) is 3.34. The maximum absolute atomic E-state index is 13.0. The van der Waals surface area contributed by atoms with Crippen molar-refractivity contribution in [3.63, 3.8) is 0 Å². The molecule has 6 unspecified atom stereocenters. The van der Waals surface area contributed by atoms with Gasteiger partial charge in [-0.2, -0.15) is 0 Å². The Morgan fingerprint density at radius 2 is 1.62 bits per heavy atom. The van der Waals surface area contributed by atoms with Gasteiger partial charge >= 0.3 is 5.97 Å². The van der Waals surface area contributed by atoms with Crippen LogP contribution >= 0.6 is 0 Å². The molecule has 0 aliphatic heterocycles. The van der Waals surface area contributed by atoms with Crippen molar-refractivity contribution in [3.8, 4) is 0 Å². The Morgan fingerprint density at radius 3 is 2.15 bits per heavy atom. The second-order valence-electron chi connectivity index (χ2n) is 11.4. The smallest absolute Gasteiger partial charge is 0.314 e. The van der Waals surface area contributed by atoms with E-state index >= 15 is 0 Å². The zero-order valence-corrected chi connectivity index (χ0v) is 17.6. The van der Waals surface area contributed by atoms with Crippen LogP contribution in [-0.2, 0) is 19.1 Å². The van der Waals surface area contributed by atoms with E-state index in [1.807, 2.05) is 6.92 Å². The second-order valence-corrected chi connectivity index (χ2v) is 11.4. The fraction of sp³-hybridized carbons (Fsp3) is 0.909. The molecule has 0 spiro atoms. The van der Waals surface area contributed by atoms with Gasteiger partial charge in [0, 0.05) is 11.8 Å². The third-order valence-electron chi connectivity index (χ3n) is 7.29. The zero-order chi connectivity index (χ0) is 19.5. The van der Waals surface area contributed by atoms with Crippen LogP contribution in [0.1, 0.15) is 74.1 Å². The molecule has 0 heterocycles. The molecule has 4 heteroatoms. The number of carbonyl (C=O) groups excluding carboxylic acids is 2. The summed E-state index contributed by atoms with van der Waals surface area (Å²) in [7, 11) is 0. The van der Waals surface area contributed by atoms with E-state index in [1.165, 1.54) is 0 Å². The van der Waals surface area contributed by atoms with E-state index in [-0.39, 0.29) is 41.5 Å². The maximum atomic E-state index is 13.0. The number of Topliss-reactive ketones (excluding diaryl/α,β-unsaturated/α-hetero) is 1. The topological polar surface area (TPSA) is 52.6 Å². The summed E-state index contributed by atoms with van der Waals surface area (Å²) < 4.78 is 11.6. The van der Waals surface area contributed by atoms with Crippen LogP contribution in [0.25, 0.3) is 0 Å². The van der Waals surface area contributed by atoms with Gasteiger partial charge in [-0.05, 0) is 55.3 Å². The Hall–Kier alpha value is -0.900. The van der Waals surface area contributed by atoms with E-state index in [4.69, 9.17) is 9.47 Å². The number of rotatable bonds is 5. The van der Waals surface area contributed by atoms with Gasteiger partial charge in [0.2, 0.25) is 0 Å². The summed E-state index contributed by atoms with van der Waals surface area (Å²) in [5.41, 5.74) is -0.770. The summed E-state index contributed by atoms with van der Waals surface area (Å²) in [5.74, 6) is 1.52. The first-order valence-corrected chi connectivity index (χ1v) is 10.2. The summed E-state index contributed by atoms with van der Waals surface area (Å²) >= 11 is 0. The maximum Gasteiger partial charge on any atom is 0.314 e. The quantitative estimate of drug-likeness (QED) is 0.528. The molecule has 0 radical (unpaired) electrons. The van der Waals surface area contributed by atoms with Crippen molar-refractivity contribution in [1.29, 1.82) is 0 Å². The molecule has 148 valence electrons. The molecule has 4 rings (SSSR count). The van der Waals surface area contributed by atoms with E-state index in [2.05, 4.69) is 41.5 Å². The average Bonchev–Trinajstić information content (AvgIpc) is 2.88. The molecule has 4 nitrogen and oxygen atoms in total. The molecule has 0 saturated heterocycles. The largest absolute Gasteiger partial charge is 0.438 e. The Balaban J connectivity index is 1.60. The highest BCUT2D eigenvalue weighted by Gasteiger charge is 2.60. The summed E-state index contributed by atoms with van der Waals surface area (Å²) in [6, 6.07) is 0. The molecular weight excluding hydrogens is 328 g/mol. The summed E-state index contributed by atoms with van der Waals surface area (Å²) in [6.07, 6.45) is 3.83. The minimum atomic E-state index is -0.586. The van der Waals surface area contributed by atoms with Crippen LogP contribution < -0.4 is 0 Å². The van der Waals surface area contributed by atoms with Crippen molar-refractivity contribution in [3.05, 3.63) is 0 Å². The van der Waals surface area contributed by atoms with Gasteiger partial charge in [0.15, 0.2) is 6.79 Å². The predicted molar refractivity (Wildman–Crippen MR) is 100 cm³/mol. The normalized spacial score (nSPS) is 35.7. The average molecular weight is 365 g/mol. The molecule has 0 amide bonds. The first-order valence-electron chi connectivity index (χ1n) is 10.2. The SMILES string of the molecule is CC(C)(C)CC(C)(C(=O)OCOC1C2CC3CC(C2=O)C1C3)C(C)(C)C. The first kappa shape index (κ1) is 19.9. The molecule has 4 aliphatic carbocycles. The van der Waals surface area contributed by atoms with Crippen LogP contribution in [0, 0.1) is 39.9 Å². The molecule has 26 heavy (non-hydrogen) atoms. The van der Waals surface area contributed by atoms with Crippen molar-refractivity contribution in [2.45, 2.75) is 80.3 Å². The minimum Gasteiger partial charge on any atom is -0.438 e. The van der Waals surface area contributed by atoms with Gasteiger partial charge in [-0.3, -0.25) is 9.59 Å². The standard InChI is InChI=1S/C22H36O4/c1-20(2,3)11-22(7,21(4,5)6)19(24)26-12-25-18-15-9-13-8-14(15)17(23)16(18)10-13/h13-16,18H,8-12H2,1-7H3. The Bertz CT molecular complexity index is 582. The molecule has 0 aromatic carbocycles. The molecule has 0 N–H and O–H groups in total. The molecule has 0 aromatic heterocycles. The number of ketones is 1. The molecule has 4 fully saturated rings. The monoisotopic (exact) mass is 364 g/mol. The van der Waals surface area contributed by atoms with Crippen molar-refractivity contribution < 1.29 is 19.1 Å². The fourth-order valence-electron chi connectivity index (χ4n) is 5.68. The van der Waals surface area contributed by atoms with E-state index < -0.39 is 5.41 Å². The van der Waals surface area contributed by atoms with Gasteiger partial charge in [-0.15, -0.1) is 0 Å². The Kier molecular flexibility index (Phi) is 4.83. The first-order chi connectivity index (χ1) is 11.8. The highest BCUT2D eigenvalue weighted by molar-refractivity contribution is 5.88. The van der Waals surface area contributed by atoms with Gasteiger partial charge in [0.05, 0.1) is 11.5 Å². The predicted octanol–water partition coefficient (Wildman–Crippen LogP) is 4.61. The molecule has 4 bridgehead atoms. The molecule has 0 aromatic rings. The van der Waals surface area contributed by atoms with Gasteiger partial charge in [-0.1, -0.05) is 41.5 Å². The van der Waals surface area contributed by atoms with Crippen LogP contribution in [0.2, 0.25) is 0 Å². The minimum absolute atomic E-state index is 0.0256. The lowest BCUT2D eigenvalue weighted by molar-refractivity contribution is -0.185. The van der Waals surface area contributed by atoms with E-state index in [9.17, 15) is 9.59 Å². The van der Waals surface area contributed by atoms with Gasteiger partial charge < -0.3 is 9.47 Å². The van der Waals surface area contributed by atoms with Crippen LogP contribution in [0.5, 0.6) is 0 Å². The highest BCUT2D eigenvalue weighted by Crippen LogP contribution is 2.57.